The molecule has 14 heteroatoms. The van der Waals surface area contributed by atoms with Gasteiger partial charge in [0, 0.05) is 5.75 Å². The minimum Gasteiger partial charge on any atom is -0.508 e. The van der Waals surface area contributed by atoms with Crippen molar-refractivity contribution < 1.29 is 44.4 Å². The number of benzene rings is 1. The van der Waals surface area contributed by atoms with Crippen molar-refractivity contribution in [2.75, 3.05) is 5.75 Å². The zero-order valence-electron chi connectivity index (χ0n) is 18.2. The van der Waals surface area contributed by atoms with Gasteiger partial charge in [-0.2, -0.15) is 12.6 Å². The number of aliphatic hydroxyl groups is 1. The van der Waals surface area contributed by atoms with Crippen LogP contribution in [0.1, 0.15) is 18.9 Å². The maximum Gasteiger partial charge on any atom is 0.328 e. The number of phenolic OH excluding ortho intramolecular Hbond substituents is 1. The summed E-state index contributed by atoms with van der Waals surface area (Å²) in [6, 6.07) is 0.0768. The maximum absolute atomic E-state index is 12.6. The number of nitrogens with two attached hydrogens (primary N) is 1. The highest BCUT2D eigenvalue weighted by Crippen LogP contribution is 2.11. The van der Waals surface area contributed by atoms with E-state index >= 15 is 0 Å². The molecule has 0 aliphatic carbocycles. The van der Waals surface area contributed by atoms with Crippen LogP contribution in [0.2, 0.25) is 0 Å². The van der Waals surface area contributed by atoms with Gasteiger partial charge >= 0.3 is 11.9 Å². The van der Waals surface area contributed by atoms with Crippen LogP contribution < -0.4 is 21.7 Å². The molecule has 34 heavy (non-hydrogen) atoms. The van der Waals surface area contributed by atoms with Crippen molar-refractivity contribution in [2.24, 2.45) is 5.73 Å². The molecule has 9 N–H and O–H groups in total. The van der Waals surface area contributed by atoms with Gasteiger partial charge in [-0.15, -0.1) is 0 Å². The highest BCUT2D eigenvalue weighted by molar-refractivity contribution is 7.80. The number of carbonyl (C=O) groups is 5. The number of aliphatic carboxylic acids is 2. The molecule has 13 nitrogen and oxygen atoms in total. The fraction of sp³-hybridized carbons (Fsp3) is 0.450. The molecule has 3 amide bonds. The van der Waals surface area contributed by atoms with Crippen LogP contribution in [0.3, 0.4) is 0 Å². The Kier molecular flexibility index (Phi) is 11.3. The summed E-state index contributed by atoms with van der Waals surface area (Å²) in [4.78, 5) is 59.8. The summed E-state index contributed by atoms with van der Waals surface area (Å²) in [5, 5.41) is 43.5. The van der Waals surface area contributed by atoms with E-state index in [9.17, 15) is 34.2 Å². The predicted molar refractivity (Wildman–Crippen MR) is 121 cm³/mol. The van der Waals surface area contributed by atoms with Gasteiger partial charge in [0.15, 0.2) is 6.04 Å². The lowest BCUT2D eigenvalue weighted by Gasteiger charge is -2.24. The first-order valence-corrected chi connectivity index (χ1v) is 10.7. The quantitative estimate of drug-likeness (QED) is 0.130. The molecule has 188 valence electrons. The van der Waals surface area contributed by atoms with E-state index in [1.807, 2.05) is 5.32 Å². The molecule has 0 fully saturated rings. The summed E-state index contributed by atoms with van der Waals surface area (Å²) < 4.78 is 0. The number of phenols is 1. The molecule has 0 aliphatic heterocycles. The summed E-state index contributed by atoms with van der Waals surface area (Å²) in [7, 11) is 0. The summed E-state index contributed by atoms with van der Waals surface area (Å²) in [6.45, 7) is 1.15. The topological polar surface area (TPSA) is 228 Å². The van der Waals surface area contributed by atoms with E-state index in [0.29, 0.717) is 5.56 Å². The van der Waals surface area contributed by atoms with Crippen LogP contribution in [0.5, 0.6) is 5.75 Å². The summed E-state index contributed by atoms with van der Waals surface area (Å²) in [5.41, 5.74) is 6.45. The van der Waals surface area contributed by atoms with E-state index in [2.05, 4.69) is 23.3 Å². The largest absolute Gasteiger partial charge is 0.508 e. The number of nitrogens with one attached hydrogen (secondary N) is 3. The molecule has 0 bridgehead atoms. The van der Waals surface area contributed by atoms with Crippen LogP contribution in [0.15, 0.2) is 24.3 Å². The molecule has 5 unspecified atom stereocenters. The Morgan fingerprint density at radius 1 is 0.941 bits per heavy atom. The number of carboxylic acid groups (broad SMARTS) is 2. The van der Waals surface area contributed by atoms with Crippen molar-refractivity contribution in [3.05, 3.63) is 29.8 Å². The number of aromatic hydroxyl groups is 1. The molecule has 0 saturated carbocycles. The second kappa shape index (κ2) is 13.4. The molecule has 0 radical (unpaired) electrons. The number of hydrogen-bond acceptors (Lipinski definition) is 9. The minimum absolute atomic E-state index is 0.0193. The highest BCUT2D eigenvalue weighted by atomic mass is 32.1. The Bertz CT molecular complexity index is 895. The first-order chi connectivity index (χ1) is 15.8. The smallest absolute Gasteiger partial charge is 0.328 e. The number of thiol groups is 1. The molecule has 0 heterocycles. The Morgan fingerprint density at radius 2 is 1.47 bits per heavy atom. The molecule has 0 spiro atoms. The minimum atomic E-state index is -1.65. The van der Waals surface area contributed by atoms with Crippen LogP contribution in [0, 0.1) is 0 Å². The lowest BCUT2D eigenvalue weighted by atomic mass is 10.0. The van der Waals surface area contributed by atoms with Crippen LogP contribution >= 0.6 is 12.6 Å². The van der Waals surface area contributed by atoms with Crippen LogP contribution in [0.4, 0.5) is 0 Å². The second-order valence-corrected chi connectivity index (χ2v) is 7.81. The average Bonchev–Trinajstić information content (AvgIpc) is 2.75. The zero-order chi connectivity index (χ0) is 26.0. The molecule has 1 rings (SSSR count). The fourth-order valence-corrected chi connectivity index (χ4v) is 3.01. The molecule has 1 aromatic rings. The van der Waals surface area contributed by atoms with Gasteiger partial charge < -0.3 is 42.1 Å². The van der Waals surface area contributed by atoms with Crippen LogP contribution in [-0.2, 0) is 30.4 Å². The molecule has 0 saturated heterocycles. The molecule has 5 atom stereocenters. The Morgan fingerprint density at radius 3 is 1.94 bits per heavy atom. The average molecular weight is 501 g/mol. The van der Waals surface area contributed by atoms with Gasteiger partial charge in [0.2, 0.25) is 17.7 Å². The van der Waals surface area contributed by atoms with Crippen molar-refractivity contribution >= 4 is 42.3 Å². The third-order valence-electron chi connectivity index (χ3n) is 4.60. The fourth-order valence-electron chi connectivity index (χ4n) is 2.75. The van der Waals surface area contributed by atoms with E-state index in [-0.39, 0.29) is 17.9 Å². The van der Waals surface area contributed by atoms with E-state index in [1.165, 1.54) is 24.3 Å². The van der Waals surface area contributed by atoms with Gasteiger partial charge in [0.05, 0.1) is 18.6 Å². The molecule has 0 aliphatic rings. The third-order valence-corrected chi connectivity index (χ3v) is 4.97. The first-order valence-electron chi connectivity index (χ1n) is 10.0. The van der Waals surface area contributed by atoms with E-state index in [4.69, 9.17) is 15.9 Å². The summed E-state index contributed by atoms with van der Waals surface area (Å²) in [6.07, 6.45) is -2.23. The number of carbonyl (C=O) groups excluding carboxylic acids is 3. The normalized spacial score (nSPS) is 15.2. The van der Waals surface area contributed by atoms with Crippen LogP contribution in [0.25, 0.3) is 0 Å². The number of amides is 3. The number of carboxylic acids is 2. The van der Waals surface area contributed by atoms with Crippen molar-refractivity contribution in [1.29, 1.82) is 0 Å². The summed E-state index contributed by atoms with van der Waals surface area (Å²) >= 11 is 3.93. The summed E-state index contributed by atoms with van der Waals surface area (Å²) in [5.74, 6) is -6.05. The SMILES string of the molecule is CC(O)C(NC(=O)C(CS)NC(=O)C(CC(=O)O)NC(=O)C(N)Cc1ccc(O)cc1)C(=O)O. The van der Waals surface area contributed by atoms with Gasteiger partial charge in [0.1, 0.15) is 17.8 Å². The zero-order valence-corrected chi connectivity index (χ0v) is 19.1. The van der Waals surface area contributed by atoms with Crippen molar-refractivity contribution in [2.45, 2.75) is 50.0 Å². The van der Waals surface area contributed by atoms with E-state index in [0.717, 1.165) is 6.92 Å². The Balaban J connectivity index is 2.86. The van der Waals surface area contributed by atoms with Crippen molar-refractivity contribution in [3.63, 3.8) is 0 Å². The van der Waals surface area contributed by atoms with E-state index < -0.39 is 66.4 Å². The van der Waals surface area contributed by atoms with Gasteiger partial charge in [-0.3, -0.25) is 19.2 Å². The van der Waals surface area contributed by atoms with Gasteiger partial charge in [-0.25, -0.2) is 4.79 Å². The second-order valence-electron chi connectivity index (χ2n) is 7.44. The number of hydrogen-bond donors (Lipinski definition) is 9. The standard InChI is InChI=1S/C20H28N4O9S/c1-9(25)16(20(32)33)24-19(31)14(8-34)23-18(30)13(7-15(27)28)22-17(29)12(21)6-10-2-4-11(26)5-3-10/h2-5,9,12-14,16,25-26,34H,6-8,21H2,1H3,(H,22,29)(H,23,30)(H,24,31)(H,27,28)(H,32,33). The Hall–Kier alpha value is -3.36. The molecule has 1 aromatic carbocycles. The van der Waals surface area contributed by atoms with Crippen molar-refractivity contribution in [1.82, 2.24) is 16.0 Å². The van der Waals surface area contributed by atoms with Gasteiger partial charge in [0.25, 0.3) is 0 Å². The lowest BCUT2D eigenvalue weighted by Crippen LogP contribution is -2.59. The number of aliphatic hydroxyl groups excluding tert-OH is 1. The monoisotopic (exact) mass is 500 g/mol. The molecular formula is C20H28N4O9S. The first kappa shape index (κ1) is 28.7. The van der Waals surface area contributed by atoms with E-state index in [1.54, 1.807) is 0 Å². The maximum atomic E-state index is 12.6. The lowest BCUT2D eigenvalue weighted by molar-refractivity contribution is -0.145. The highest BCUT2D eigenvalue weighted by Gasteiger charge is 2.32. The van der Waals surface area contributed by atoms with Gasteiger partial charge in [-0.1, -0.05) is 12.1 Å². The Labute approximate surface area is 200 Å². The predicted octanol–water partition coefficient (Wildman–Crippen LogP) is -2.41. The number of rotatable bonds is 13. The van der Waals surface area contributed by atoms with Crippen molar-refractivity contribution in [3.8, 4) is 5.75 Å². The molecular weight excluding hydrogens is 472 g/mol. The van der Waals surface area contributed by atoms with Crippen LogP contribution in [-0.4, -0.2) is 86.1 Å². The molecule has 0 aromatic heterocycles. The van der Waals surface area contributed by atoms with Gasteiger partial charge in [-0.05, 0) is 31.0 Å². The third kappa shape index (κ3) is 9.25.